The van der Waals surface area contributed by atoms with Gasteiger partial charge in [0.05, 0.1) is 5.54 Å². The van der Waals surface area contributed by atoms with E-state index >= 15 is 0 Å². The van der Waals surface area contributed by atoms with Crippen molar-refractivity contribution in [2.45, 2.75) is 70.9 Å². The lowest BCUT2D eigenvalue weighted by atomic mass is 9.78. The zero-order valence-electron chi connectivity index (χ0n) is 12.8. The molecule has 1 heterocycles. The van der Waals surface area contributed by atoms with E-state index in [9.17, 15) is 0 Å². The minimum Gasteiger partial charge on any atom is -0.301 e. The van der Waals surface area contributed by atoms with Crippen LogP contribution in [0.2, 0.25) is 0 Å². The number of benzene rings is 1. The molecule has 1 aliphatic rings. The molecule has 0 radical (unpaired) electrons. The number of hydrogen-bond acceptors (Lipinski definition) is 1. The van der Waals surface area contributed by atoms with Crippen LogP contribution in [0.4, 0.5) is 0 Å². The van der Waals surface area contributed by atoms with Crippen LogP contribution < -0.4 is 5.32 Å². The summed E-state index contributed by atoms with van der Waals surface area (Å²) < 4.78 is 0. The van der Waals surface area contributed by atoms with Crippen LogP contribution in [0.15, 0.2) is 30.3 Å². The summed E-state index contributed by atoms with van der Waals surface area (Å²) in [5.74, 6) is 0.765. The fraction of sp³-hybridized carbons (Fsp3) is 0.667. The van der Waals surface area contributed by atoms with Gasteiger partial charge in [-0.25, -0.2) is 0 Å². The molecular formula is C18H29N. The number of hydrogen-bond donors (Lipinski definition) is 1. The van der Waals surface area contributed by atoms with Crippen LogP contribution in [0.3, 0.4) is 0 Å². The highest BCUT2D eigenvalue weighted by atomic mass is 15.2. The van der Waals surface area contributed by atoms with Gasteiger partial charge in [0.15, 0.2) is 0 Å². The zero-order valence-corrected chi connectivity index (χ0v) is 12.8. The Morgan fingerprint density at radius 3 is 2.32 bits per heavy atom. The summed E-state index contributed by atoms with van der Waals surface area (Å²) in [6.45, 7) is 6.95. The quantitative estimate of drug-likeness (QED) is 0.522. The van der Waals surface area contributed by atoms with Gasteiger partial charge in [0.25, 0.3) is 0 Å². The molecule has 1 N–H and O–H groups in total. The lowest BCUT2D eigenvalue weighted by molar-refractivity contribution is 0.355. The minimum atomic E-state index is 0.276. The number of rotatable bonds is 8. The van der Waals surface area contributed by atoms with E-state index < -0.39 is 0 Å². The van der Waals surface area contributed by atoms with Crippen molar-refractivity contribution in [1.82, 2.24) is 5.32 Å². The van der Waals surface area contributed by atoms with Crippen LogP contribution >= 0.6 is 0 Å². The molecule has 1 fully saturated rings. The van der Waals surface area contributed by atoms with E-state index in [-0.39, 0.29) is 5.54 Å². The second kappa shape index (κ2) is 6.56. The molecule has 0 amide bonds. The smallest absolute Gasteiger partial charge is 0.0621 e. The average Bonchev–Trinajstić information content (AvgIpc) is 3.17. The third-order valence-electron chi connectivity index (χ3n) is 4.86. The second-order valence-electron chi connectivity index (χ2n) is 5.94. The van der Waals surface area contributed by atoms with Crippen LogP contribution in [-0.4, -0.2) is 6.04 Å². The van der Waals surface area contributed by atoms with Crippen LogP contribution in [0.5, 0.6) is 0 Å². The first-order valence-electron chi connectivity index (χ1n) is 8.12. The molecule has 0 aromatic heterocycles. The molecule has 1 nitrogen and oxygen atoms in total. The van der Waals surface area contributed by atoms with E-state index in [2.05, 4.69) is 56.4 Å². The lowest BCUT2D eigenvalue weighted by Gasteiger charge is -2.25. The molecule has 0 saturated carbocycles. The summed E-state index contributed by atoms with van der Waals surface area (Å²) in [4.78, 5) is 0. The zero-order chi connectivity index (χ0) is 13.7. The maximum absolute atomic E-state index is 3.86. The molecule has 1 aromatic rings. The highest BCUT2D eigenvalue weighted by Gasteiger charge is 2.57. The molecule has 2 atom stereocenters. The van der Waals surface area contributed by atoms with Crippen molar-refractivity contribution >= 4 is 0 Å². The Kier molecular flexibility index (Phi) is 5.04. The molecule has 19 heavy (non-hydrogen) atoms. The van der Waals surface area contributed by atoms with Crippen molar-refractivity contribution in [3.05, 3.63) is 35.9 Å². The highest BCUT2D eigenvalue weighted by Crippen LogP contribution is 2.49. The third kappa shape index (κ3) is 2.86. The van der Waals surface area contributed by atoms with Crippen molar-refractivity contribution in [3.8, 4) is 0 Å². The summed E-state index contributed by atoms with van der Waals surface area (Å²) in [6, 6.07) is 11.8. The van der Waals surface area contributed by atoms with E-state index in [1.807, 2.05) is 0 Å². The first-order valence-corrected chi connectivity index (χ1v) is 8.12. The summed E-state index contributed by atoms with van der Waals surface area (Å²) in [5, 5.41) is 3.86. The summed E-state index contributed by atoms with van der Waals surface area (Å²) >= 11 is 0. The molecule has 0 aliphatic carbocycles. The summed E-state index contributed by atoms with van der Waals surface area (Å²) in [5.41, 5.74) is 1.78. The molecule has 0 spiro atoms. The van der Waals surface area contributed by atoms with Crippen molar-refractivity contribution in [1.29, 1.82) is 0 Å². The number of nitrogens with one attached hydrogen (secondary N) is 1. The van der Waals surface area contributed by atoms with E-state index in [1.54, 1.807) is 0 Å². The standard InChI is InChI=1S/C18H29N/c1-4-7-9-14-17-18(19-17,15(5-2)6-3)16-12-10-8-11-13-16/h8,10-13,15,17,19H,4-7,9,14H2,1-3H3. The SMILES string of the molecule is CCCCCC1NC1(c1ccccc1)C(CC)CC. The minimum absolute atomic E-state index is 0.276. The summed E-state index contributed by atoms with van der Waals surface area (Å²) in [6.07, 6.45) is 7.91. The van der Waals surface area contributed by atoms with E-state index in [1.165, 1.54) is 44.1 Å². The van der Waals surface area contributed by atoms with Crippen molar-refractivity contribution in [3.63, 3.8) is 0 Å². The molecule has 1 saturated heterocycles. The molecule has 1 heteroatoms. The third-order valence-corrected chi connectivity index (χ3v) is 4.86. The second-order valence-corrected chi connectivity index (χ2v) is 5.94. The normalized spacial score (nSPS) is 25.8. The number of unbranched alkanes of at least 4 members (excludes halogenated alkanes) is 2. The molecule has 2 rings (SSSR count). The predicted molar refractivity (Wildman–Crippen MR) is 83.3 cm³/mol. The van der Waals surface area contributed by atoms with E-state index in [0.29, 0.717) is 6.04 Å². The van der Waals surface area contributed by atoms with Gasteiger partial charge in [-0.3, -0.25) is 0 Å². The molecule has 1 aromatic carbocycles. The van der Waals surface area contributed by atoms with Crippen LogP contribution in [-0.2, 0) is 5.54 Å². The Bertz CT molecular complexity index is 369. The van der Waals surface area contributed by atoms with Crippen LogP contribution in [0.1, 0.15) is 64.9 Å². The van der Waals surface area contributed by atoms with E-state index in [0.717, 1.165) is 5.92 Å². The monoisotopic (exact) mass is 259 g/mol. The first-order chi connectivity index (χ1) is 9.29. The predicted octanol–water partition coefficient (Wildman–Crippen LogP) is 4.87. The van der Waals surface area contributed by atoms with Gasteiger partial charge in [-0.15, -0.1) is 0 Å². The van der Waals surface area contributed by atoms with Crippen molar-refractivity contribution in [2.24, 2.45) is 5.92 Å². The van der Waals surface area contributed by atoms with Gasteiger partial charge < -0.3 is 5.32 Å². The van der Waals surface area contributed by atoms with Gasteiger partial charge >= 0.3 is 0 Å². The van der Waals surface area contributed by atoms with Crippen LogP contribution in [0, 0.1) is 5.92 Å². The Hall–Kier alpha value is -0.820. The van der Waals surface area contributed by atoms with Crippen molar-refractivity contribution in [2.75, 3.05) is 0 Å². The Labute approximate surface area is 118 Å². The Balaban J connectivity index is 2.13. The fourth-order valence-electron chi connectivity index (χ4n) is 3.71. The largest absolute Gasteiger partial charge is 0.301 e. The molecular weight excluding hydrogens is 230 g/mol. The first kappa shape index (κ1) is 14.6. The fourth-order valence-corrected chi connectivity index (χ4v) is 3.71. The maximum Gasteiger partial charge on any atom is 0.0621 e. The Morgan fingerprint density at radius 1 is 1.05 bits per heavy atom. The average molecular weight is 259 g/mol. The summed E-state index contributed by atoms with van der Waals surface area (Å²) in [7, 11) is 0. The maximum atomic E-state index is 3.86. The van der Waals surface area contributed by atoms with Gasteiger partial charge in [-0.05, 0) is 17.9 Å². The van der Waals surface area contributed by atoms with Gasteiger partial charge in [0, 0.05) is 6.04 Å². The topological polar surface area (TPSA) is 21.9 Å². The highest BCUT2D eigenvalue weighted by molar-refractivity contribution is 5.35. The molecule has 2 unspecified atom stereocenters. The molecule has 1 aliphatic heterocycles. The van der Waals surface area contributed by atoms with Crippen molar-refractivity contribution < 1.29 is 0 Å². The molecule has 0 bridgehead atoms. The Morgan fingerprint density at radius 2 is 1.74 bits per heavy atom. The lowest BCUT2D eigenvalue weighted by Crippen LogP contribution is -2.26. The van der Waals surface area contributed by atoms with Gasteiger partial charge in [-0.1, -0.05) is 83.2 Å². The van der Waals surface area contributed by atoms with Crippen LogP contribution in [0.25, 0.3) is 0 Å². The van der Waals surface area contributed by atoms with Gasteiger partial charge in [-0.2, -0.15) is 0 Å². The molecule has 106 valence electrons. The van der Waals surface area contributed by atoms with Gasteiger partial charge in [0.2, 0.25) is 0 Å². The van der Waals surface area contributed by atoms with E-state index in [4.69, 9.17) is 0 Å². The van der Waals surface area contributed by atoms with Gasteiger partial charge in [0.1, 0.15) is 0 Å².